The van der Waals surface area contributed by atoms with Crippen LogP contribution in [0.1, 0.15) is 15.9 Å². The number of nitrogens with zero attached hydrogens (tertiary/aromatic N) is 1. The van der Waals surface area contributed by atoms with Crippen LogP contribution >= 0.6 is 0 Å². The van der Waals surface area contributed by atoms with Crippen molar-refractivity contribution >= 4 is 34.3 Å². The molecule has 7 heteroatoms. The zero-order chi connectivity index (χ0) is 18.1. The molecule has 1 aromatic heterocycles. The second kappa shape index (κ2) is 6.12. The number of benzene rings is 2. The highest BCUT2D eigenvalue weighted by molar-refractivity contribution is 6.01. The first-order valence-corrected chi connectivity index (χ1v) is 7.43. The Morgan fingerprint density at radius 1 is 1.16 bits per heavy atom. The number of nitrogens with two attached hydrogens (primary N) is 1. The summed E-state index contributed by atoms with van der Waals surface area (Å²) in [7, 11) is 0. The number of carboxylic acid groups (broad SMARTS) is 1. The molecule has 1 amide bonds. The van der Waals surface area contributed by atoms with Gasteiger partial charge >= 0.3 is 12.0 Å². The molecular weight excluding hydrogens is 322 g/mol. The molecule has 3 aromatic rings. The van der Waals surface area contributed by atoms with Crippen molar-refractivity contribution in [2.75, 3.05) is 11.1 Å². The Balaban J connectivity index is 2.16. The quantitative estimate of drug-likeness (QED) is 0.622. The maximum absolute atomic E-state index is 12.7. The highest BCUT2D eigenvalue weighted by Gasteiger charge is 2.17. The molecule has 1 heterocycles. The fourth-order valence-electron chi connectivity index (χ4n) is 2.55. The molecule has 0 aliphatic carbocycles. The summed E-state index contributed by atoms with van der Waals surface area (Å²) in [4.78, 5) is 36.3. The van der Waals surface area contributed by atoms with E-state index in [0.29, 0.717) is 16.9 Å². The van der Waals surface area contributed by atoms with Crippen LogP contribution in [0.2, 0.25) is 0 Å². The first-order valence-electron chi connectivity index (χ1n) is 7.43. The number of rotatable bonds is 2. The number of aromatic nitrogens is 1. The van der Waals surface area contributed by atoms with Crippen molar-refractivity contribution in [2.45, 2.75) is 6.92 Å². The number of hydrogen-bond donors (Lipinski definition) is 3. The molecule has 0 radical (unpaired) electrons. The molecule has 0 saturated carbocycles. The van der Waals surface area contributed by atoms with E-state index in [1.807, 2.05) is 0 Å². The summed E-state index contributed by atoms with van der Waals surface area (Å²) < 4.78 is 1.11. The smallest absolute Gasteiger partial charge is 0.341 e. The summed E-state index contributed by atoms with van der Waals surface area (Å²) in [5.74, 6) is -1.39. The van der Waals surface area contributed by atoms with Crippen LogP contribution in [-0.2, 0) is 0 Å². The lowest BCUT2D eigenvalue weighted by atomic mass is 10.1. The van der Waals surface area contributed by atoms with Gasteiger partial charge in [0.05, 0.1) is 5.52 Å². The monoisotopic (exact) mass is 337 g/mol. The summed E-state index contributed by atoms with van der Waals surface area (Å²) >= 11 is 0. The lowest BCUT2D eigenvalue weighted by molar-refractivity contribution is 0.0695. The van der Waals surface area contributed by atoms with Crippen LogP contribution in [-0.4, -0.2) is 21.7 Å². The fourth-order valence-corrected chi connectivity index (χ4v) is 2.55. The molecule has 0 atom stereocenters. The Labute approximate surface area is 142 Å². The van der Waals surface area contributed by atoms with Gasteiger partial charge in [0.15, 0.2) is 0 Å². The molecule has 0 unspecified atom stereocenters. The number of fused-ring (bicyclic) bond motifs is 1. The molecule has 0 bridgehead atoms. The maximum atomic E-state index is 12.7. The maximum Gasteiger partial charge on any atom is 0.341 e. The topological polar surface area (TPSA) is 114 Å². The van der Waals surface area contributed by atoms with Gasteiger partial charge in [0.25, 0.3) is 0 Å². The highest BCUT2D eigenvalue weighted by atomic mass is 16.4. The number of carbonyl (C=O) groups is 2. The fraction of sp³-hybridized carbons (Fsp3) is 0.0556. The van der Waals surface area contributed by atoms with Crippen molar-refractivity contribution in [3.63, 3.8) is 0 Å². The minimum absolute atomic E-state index is 0.154. The van der Waals surface area contributed by atoms with Crippen LogP contribution in [0.4, 0.5) is 16.2 Å². The number of anilines is 2. The van der Waals surface area contributed by atoms with Crippen molar-refractivity contribution in [1.29, 1.82) is 0 Å². The number of nitrogen functional groups attached to an aromatic ring is 1. The predicted molar refractivity (Wildman–Crippen MR) is 95.2 cm³/mol. The summed E-state index contributed by atoms with van der Waals surface area (Å²) in [5, 5.41) is 12.1. The van der Waals surface area contributed by atoms with Crippen molar-refractivity contribution in [3.8, 4) is 0 Å². The van der Waals surface area contributed by atoms with E-state index in [0.717, 1.165) is 16.3 Å². The molecule has 4 N–H and O–H groups in total. The number of hydrogen-bond acceptors (Lipinski definition) is 4. The van der Waals surface area contributed by atoms with Gasteiger partial charge in [-0.25, -0.2) is 9.59 Å². The van der Waals surface area contributed by atoms with E-state index in [2.05, 4.69) is 5.32 Å². The van der Waals surface area contributed by atoms with Crippen LogP contribution in [0.3, 0.4) is 0 Å². The SMILES string of the molecule is Cc1ccc(N)cc1NC(=O)n1cc(C(=O)O)c(=O)c2ccccc21. The lowest BCUT2D eigenvalue weighted by Crippen LogP contribution is -2.26. The third kappa shape index (κ3) is 2.94. The number of aromatic carboxylic acids is 1. The van der Waals surface area contributed by atoms with Gasteiger partial charge in [0.2, 0.25) is 5.43 Å². The minimum Gasteiger partial charge on any atom is -0.477 e. The van der Waals surface area contributed by atoms with Gasteiger partial charge in [-0.1, -0.05) is 18.2 Å². The molecule has 126 valence electrons. The van der Waals surface area contributed by atoms with Gasteiger partial charge < -0.3 is 16.2 Å². The molecule has 0 spiro atoms. The summed E-state index contributed by atoms with van der Waals surface area (Å²) in [5.41, 5.74) is 6.73. The van der Waals surface area contributed by atoms with E-state index < -0.39 is 23.0 Å². The number of para-hydroxylation sites is 1. The Kier molecular flexibility index (Phi) is 3.98. The summed E-state index contributed by atoms with van der Waals surface area (Å²) in [6.45, 7) is 1.81. The zero-order valence-electron chi connectivity index (χ0n) is 13.3. The number of nitrogens with one attached hydrogen (secondary N) is 1. The van der Waals surface area contributed by atoms with Gasteiger partial charge in [-0.15, -0.1) is 0 Å². The Bertz CT molecular complexity index is 1070. The van der Waals surface area contributed by atoms with E-state index in [1.54, 1.807) is 43.3 Å². The molecule has 3 rings (SSSR count). The Morgan fingerprint density at radius 2 is 1.88 bits per heavy atom. The predicted octanol–water partition coefficient (Wildman–Crippen LogP) is 2.67. The van der Waals surface area contributed by atoms with Gasteiger partial charge in [0, 0.05) is 23.0 Å². The van der Waals surface area contributed by atoms with Crippen molar-refractivity contribution in [2.24, 2.45) is 0 Å². The lowest BCUT2D eigenvalue weighted by Gasteiger charge is -2.14. The Morgan fingerprint density at radius 3 is 2.60 bits per heavy atom. The highest BCUT2D eigenvalue weighted by Crippen LogP contribution is 2.19. The van der Waals surface area contributed by atoms with E-state index in [-0.39, 0.29) is 5.39 Å². The second-order valence-electron chi connectivity index (χ2n) is 5.57. The van der Waals surface area contributed by atoms with Crippen LogP contribution in [0.5, 0.6) is 0 Å². The molecular formula is C18H15N3O4. The van der Waals surface area contributed by atoms with E-state index in [4.69, 9.17) is 5.73 Å². The third-order valence-electron chi connectivity index (χ3n) is 3.86. The van der Waals surface area contributed by atoms with E-state index >= 15 is 0 Å². The number of carboxylic acids is 1. The number of aryl methyl sites for hydroxylation is 1. The minimum atomic E-state index is -1.39. The molecule has 0 saturated heterocycles. The van der Waals surface area contributed by atoms with E-state index in [1.165, 1.54) is 6.07 Å². The van der Waals surface area contributed by atoms with Crippen LogP contribution in [0.25, 0.3) is 10.9 Å². The van der Waals surface area contributed by atoms with Crippen LogP contribution in [0, 0.1) is 6.92 Å². The van der Waals surface area contributed by atoms with Gasteiger partial charge in [-0.2, -0.15) is 0 Å². The first-order chi connectivity index (χ1) is 11.9. The summed E-state index contributed by atoms with van der Waals surface area (Å²) in [6.07, 6.45) is 1.03. The summed E-state index contributed by atoms with van der Waals surface area (Å²) in [6, 6.07) is 10.8. The first kappa shape index (κ1) is 16.3. The van der Waals surface area contributed by atoms with Gasteiger partial charge in [0.1, 0.15) is 5.56 Å². The average molecular weight is 337 g/mol. The standard InChI is InChI=1S/C18H15N3O4/c1-10-6-7-11(19)8-14(10)20-18(25)21-9-13(17(23)24)16(22)12-4-2-3-5-15(12)21/h2-9H,19H2,1H3,(H,20,25)(H,23,24). The normalized spacial score (nSPS) is 10.6. The van der Waals surface area contributed by atoms with Crippen molar-refractivity contribution in [1.82, 2.24) is 4.57 Å². The number of carbonyl (C=O) groups excluding carboxylic acids is 1. The molecule has 0 fully saturated rings. The number of pyridine rings is 1. The van der Waals surface area contributed by atoms with Crippen LogP contribution in [0.15, 0.2) is 53.5 Å². The van der Waals surface area contributed by atoms with Crippen molar-refractivity contribution in [3.05, 3.63) is 70.0 Å². The van der Waals surface area contributed by atoms with Gasteiger partial charge in [-0.3, -0.25) is 9.36 Å². The van der Waals surface area contributed by atoms with Crippen molar-refractivity contribution < 1.29 is 14.7 Å². The Hall–Kier alpha value is -3.61. The molecule has 25 heavy (non-hydrogen) atoms. The molecule has 0 aliphatic rings. The second-order valence-corrected chi connectivity index (χ2v) is 5.57. The molecule has 2 aromatic carbocycles. The van der Waals surface area contributed by atoms with Gasteiger partial charge in [-0.05, 0) is 36.8 Å². The zero-order valence-corrected chi connectivity index (χ0v) is 13.3. The average Bonchev–Trinajstić information content (AvgIpc) is 2.58. The number of amides is 1. The molecule has 7 nitrogen and oxygen atoms in total. The molecule has 0 aliphatic heterocycles. The van der Waals surface area contributed by atoms with E-state index in [9.17, 15) is 19.5 Å². The van der Waals surface area contributed by atoms with Crippen LogP contribution < -0.4 is 16.5 Å². The largest absolute Gasteiger partial charge is 0.477 e. The third-order valence-corrected chi connectivity index (χ3v) is 3.86.